The molecule has 0 bridgehead atoms. The zero-order chi connectivity index (χ0) is 24.3. The fraction of sp³-hybridized carbons (Fsp3) is 0.360. The molecule has 1 unspecified atom stereocenters. The number of amides is 1. The van der Waals surface area contributed by atoms with Crippen LogP contribution in [0.2, 0.25) is 0 Å². The second-order valence-electron chi connectivity index (χ2n) is 8.62. The zero-order valence-corrected chi connectivity index (χ0v) is 19.0. The van der Waals surface area contributed by atoms with Crippen LogP contribution < -0.4 is 5.32 Å². The largest absolute Gasteiger partial charge is 0.419 e. The number of carbonyl (C=O) groups is 1. The minimum absolute atomic E-state index is 0.0870. The molecule has 34 heavy (non-hydrogen) atoms. The van der Waals surface area contributed by atoms with Crippen molar-refractivity contribution in [2.45, 2.75) is 38.9 Å². The van der Waals surface area contributed by atoms with Gasteiger partial charge in [0.25, 0.3) is 5.91 Å². The van der Waals surface area contributed by atoms with E-state index in [4.69, 9.17) is 0 Å². The molecule has 2 aromatic heterocycles. The standard InChI is InChI=1S/C25H26F3N5O/c1-16-8-9-19(21-7-3-4-10-29-21)20(12-16)23(34)33-11-5-6-17(2)22(33)15-32-24-30-13-18(14-31-24)25(26,27)28/h3-4,7-10,12-14,17,22H,5-6,11,15H2,1-2H3,(H,30,31,32)/t17?,22-/m1/s1. The molecule has 1 fully saturated rings. The Labute approximate surface area is 196 Å². The van der Waals surface area contributed by atoms with Crippen molar-refractivity contribution >= 4 is 11.9 Å². The predicted octanol–water partition coefficient (Wildman–Crippen LogP) is 5.22. The number of halogens is 3. The minimum atomic E-state index is -4.49. The second kappa shape index (κ2) is 9.79. The lowest BCUT2D eigenvalue weighted by molar-refractivity contribution is -0.138. The van der Waals surface area contributed by atoms with Crippen molar-refractivity contribution < 1.29 is 18.0 Å². The van der Waals surface area contributed by atoms with E-state index >= 15 is 0 Å². The maximum atomic E-state index is 13.8. The number of benzene rings is 1. The SMILES string of the molecule is Cc1ccc(-c2ccccn2)c(C(=O)N2CCCC(C)[C@H]2CNc2ncc(C(F)(F)F)cn2)c1. The van der Waals surface area contributed by atoms with Crippen LogP contribution in [0.25, 0.3) is 11.3 Å². The molecule has 1 saturated heterocycles. The summed E-state index contributed by atoms with van der Waals surface area (Å²) in [6, 6.07) is 11.2. The quantitative estimate of drug-likeness (QED) is 0.555. The number of hydrogen-bond donors (Lipinski definition) is 1. The van der Waals surface area contributed by atoms with Gasteiger partial charge in [0.2, 0.25) is 5.95 Å². The Morgan fingerprint density at radius 2 is 1.91 bits per heavy atom. The Morgan fingerprint density at radius 3 is 2.59 bits per heavy atom. The van der Waals surface area contributed by atoms with E-state index in [-0.39, 0.29) is 23.8 Å². The van der Waals surface area contributed by atoms with E-state index in [1.165, 1.54) is 0 Å². The predicted molar refractivity (Wildman–Crippen MR) is 123 cm³/mol. The van der Waals surface area contributed by atoms with Gasteiger partial charge >= 0.3 is 6.18 Å². The number of anilines is 1. The van der Waals surface area contributed by atoms with Gasteiger partial charge in [-0.3, -0.25) is 9.78 Å². The lowest BCUT2D eigenvalue weighted by atomic mass is 9.89. The summed E-state index contributed by atoms with van der Waals surface area (Å²) in [7, 11) is 0. The monoisotopic (exact) mass is 469 g/mol. The highest BCUT2D eigenvalue weighted by Gasteiger charge is 2.34. The van der Waals surface area contributed by atoms with Gasteiger partial charge in [-0.15, -0.1) is 0 Å². The van der Waals surface area contributed by atoms with E-state index < -0.39 is 11.7 Å². The number of likely N-dealkylation sites (tertiary alicyclic amines) is 1. The van der Waals surface area contributed by atoms with Crippen LogP contribution in [0.3, 0.4) is 0 Å². The van der Waals surface area contributed by atoms with E-state index in [1.54, 1.807) is 6.20 Å². The second-order valence-corrected chi connectivity index (χ2v) is 8.62. The molecule has 0 radical (unpaired) electrons. The van der Waals surface area contributed by atoms with Gasteiger partial charge in [0.1, 0.15) is 0 Å². The molecule has 0 aliphatic carbocycles. The molecule has 1 amide bonds. The molecular formula is C25H26F3N5O. The van der Waals surface area contributed by atoms with Crippen LogP contribution >= 0.6 is 0 Å². The highest BCUT2D eigenvalue weighted by molar-refractivity contribution is 6.01. The van der Waals surface area contributed by atoms with Crippen LogP contribution in [-0.4, -0.2) is 44.9 Å². The van der Waals surface area contributed by atoms with E-state index in [0.29, 0.717) is 18.7 Å². The number of aryl methyl sites for hydroxylation is 1. The molecular weight excluding hydrogens is 443 g/mol. The summed E-state index contributed by atoms with van der Waals surface area (Å²) >= 11 is 0. The van der Waals surface area contributed by atoms with Crippen molar-refractivity contribution in [2.24, 2.45) is 5.92 Å². The molecule has 178 valence electrons. The molecule has 1 aliphatic rings. The molecule has 0 saturated carbocycles. The fourth-order valence-electron chi connectivity index (χ4n) is 4.31. The smallest absolute Gasteiger partial charge is 0.352 e. The van der Waals surface area contributed by atoms with E-state index in [2.05, 4.69) is 27.2 Å². The Balaban J connectivity index is 1.57. The van der Waals surface area contributed by atoms with E-state index in [0.717, 1.165) is 42.1 Å². The summed E-state index contributed by atoms with van der Waals surface area (Å²) in [6.45, 7) is 4.95. The third-order valence-electron chi connectivity index (χ3n) is 6.17. The Hall–Kier alpha value is -3.49. The van der Waals surface area contributed by atoms with Crippen LogP contribution in [-0.2, 0) is 6.18 Å². The number of piperidine rings is 1. The highest BCUT2D eigenvalue weighted by Crippen LogP contribution is 2.30. The van der Waals surface area contributed by atoms with Crippen LogP contribution in [0, 0.1) is 12.8 Å². The minimum Gasteiger partial charge on any atom is -0.352 e. The first-order valence-electron chi connectivity index (χ1n) is 11.2. The van der Waals surface area contributed by atoms with Gasteiger partial charge < -0.3 is 10.2 Å². The number of aromatic nitrogens is 3. The Kier molecular flexibility index (Phi) is 6.81. The topological polar surface area (TPSA) is 71.0 Å². The van der Waals surface area contributed by atoms with Gasteiger partial charge in [-0.1, -0.05) is 30.7 Å². The summed E-state index contributed by atoms with van der Waals surface area (Å²) in [5.41, 5.74) is 2.16. The Bertz CT molecular complexity index is 1140. The average Bonchev–Trinajstić information content (AvgIpc) is 2.83. The number of nitrogens with one attached hydrogen (secondary N) is 1. The first kappa shape index (κ1) is 23.7. The van der Waals surface area contributed by atoms with Crippen LogP contribution in [0.4, 0.5) is 19.1 Å². The van der Waals surface area contributed by atoms with Crippen molar-refractivity contribution in [1.29, 1.82) is 0 Å². The lowest BCUT2D eigenvalue weighted by Crippen LogP contribution is -2.51. The third kappa shape index (κ3) is 5.18. The molecule has 0 spiro atoms. The molecule has 4 rings (SSSR count). The number of hydrogen-bond acceptors (Lipinski definition) is 5. The van der Waals surface area contributed by atoms with Gasteiger partial charge in [-0.2, -0.15) is 13.2 Å². The van der Waals surface area contributed by atoms with Gasteiger partial charge in [-0.05, 0) is 43.9 Å². The van der Waals surface area contributed by atoms with E-state index in [9.17, 15) is 18.0 Å². The maximum absolute atomic E-state index is 13.8. The highest BCUT2D eigenvalue weighted by atomic mass is 19.4. The summed E-state index contributed by atoms with van der Waals surface area (Å²) in [6.07, 6.45) is 0.556. The molecule has 1 aromatic carbocycles. The molecule has 1 aliphatic heterocycles. The number of alkyl halides is 3. The van der Waals surface area contributed by atoms with Crippen LogP contribution in [0.15, 0.2) is 55.0 Å². The molecule has 3 aromatic rings. The zero-order valence-electron chi connectivity index (χ0n) is 19.0. The molecule has 2 atom stereocenters. The molecule has 3 heterocycles. The summed E-state index contributed by atoms with van der Waals surface area (Å²) < 4.78 is 38.4. The molecule has 1 N–H and O–H groups in total. The lowest BCUT2D eigenvalue weighted by Gasteiger charge is -2.40. The van der Waals surface area contributed by atoms with Gasteiger partial charge in [-0.25, -0.2) is 9.97 Å². The van der Waals surface area contributed by atoms with Crippen molar-refractivity contribution in [3.63, 3.8) is 0 Å². The van der Waals surface area contributed by atoms with Crippen molar-refractivity contribution in [2.75, 3.05) is 18.4 Å². The molecule has 9 heteroatoms. The molecule has 6 nitrogen and oxygen atoms in total. The summed E-state index contributed by atoms with van der Waals surface area (Å²) in [5, 5.41) is 3.02. The van der Waals surface area contributed by atoms with E-state index in [1.807, 2.05) is 48.2 Å². The average molecular weight is 470 g/mol. The van der Waals surface area contributed by atoms with Gasteiger partial charge in [0, 0.05) is 42.8 Å². The number of pyridine rings is 1. The first-order chi connectivity index (χ1) is 16.2. The van der Waals surface area contributed by atoms with Gasteiger partial charge in [0.05, 0.1) is 17.3 Å². The van der Waals surface area contributed by atoms with Crippen molar-refractivity contribution in [3.8, 4) is 11.3 Å². The summed E-state index contributed by atoms with van der Waals surface area (Å²) in [5.74, 6) is 0.210. The summed E-state index contributed by atoms with van der Waals surface area (Å²) in [4.78, 5) is 27.6. The maximum Gasteiger partial charge on any atom is 0.419 e. The van der Waals surface area contributed by atoms with Crippen LogP contribution in [0.5, 0.6) is 0 Å². The number of rotatable bonds is 5. The van der Waals surface area contributed by atoms with Crippen molar-refractivity contribution in [3.05, 3.63) is 71.7 Å². The Morgan fingerprint density at radius 1 is 1.15 bits per heavy atom. The van der Waals surface area contributed by atoms with Crippen molar-refractivity contribution in [1.82, 2.24) is 19.9 Å². The number of carbonyl (C=O) groups excluding carboxylic acids is 1. The van der Waals surface area contributed by atoms with Crippen LogP contribution in [0.1, 0.15) is 41.3 Å². The van der Waals surface area contributed by atoms with Gasteiger partial charge in [0.15, 0.2) is 0 Å². The fourth-order valence-corrected chi connectivity index (χ4v) is 4.31. The first-order valence-corrected chi connectivity index (χ1v) is 11.2. The normalized spacial score (nSPS) is 18.6. The third-order valence-corrected chi connectivity index (χ3v) is 6.17. The number of nitrogens with zero attached hydrogens (tertiary/aromatic N) is 4.